The van der Waals surface area contributed by atoms with Gasteiger partial charge in [0, 0.05) is 32.7 Å². The van der Waals surface area contributed by atoms with E-state index in [-0.39, 0.29) is 17.9 Å². The monoisotopic (exact) mass is 379 g/mol. The van der Waals surface area contributed by atoms with Crippen LogP contribution in [0.1, 0.15) is 24.5 Å². The number of piperidine rings is 1. The number of hydrogen-bond acceptors (Lipinski definition) is 5. The van der Waals surface area contributed by atoms with Crippen LogP contribution in [-0.4, -0.2) is 37.6 Å². The highest BCUT2D eigenvalue weighted by Crippen LogP contribution is 2.26. The lowest BCUT2D eigenvalue weighted by Gasteiger charge is -2.30. The molecule has 146 valence electrons. The smallest absolute Gasteiger partial charge is 0.298 e. The van der Waals surface area contributed by atoms with Gasteiger partial charge in [0.25, 0.3) is 6.01 Å². The highest BCUT2D eigenvalue weighted by Gasteiger charge is 2.27. The minimum atomic E-state index is -0.134. The van der Waals surface area contributed by atoms with Crippen molar-refractivity contribution in [1.82, 2.24) is 10.3 Å². The first kappa shape index (κ1) is 18.5. The van der Waals surface area contributed by atoms with Crippen molar-refractivity contribution in [2.75, 3.05) is 31.6 Å². The fraction of sp³-hybridized carbons (Fsp3) is 0.364. The van der Waals surface area contributed by atoms with Crippen LogP contribution >= 0.6 is 0 Å². The zero-order chi connectivity index (χ0) is 19.3. The standard InChI is InChI=1S/C22H25N3O3/c1-27-20(16-7-3-2-4-8-16)15-23-21(26)17-11-13-25(14-12-17)22-24-18-9-5-6-10-19(18)28-22/h2-10,17,20H,11-15H2,1H3,(H,23,26). The summed E-state index contributed by atoms with van der Waals surface area (Å²) >= 11 is 0. The Morgan fingerprint density at radius 2 is 1.89 bits per heavy atom. The van der Waals surface area contributed by atoms with Crippen LogP contribution in [0.3, 0.4) is 0 Å². The van der Waals surface area contributed by atoms with Crippen LogP contribution in [0.5, 0.6) is 0 Å². The zero-order valence-corrected chi connectivity index (χ0v) is 16.0. The molecule has 6 nitrogen and oxygen atoms in total. The number of nitrogens with zero attached hydrogens (tertiary/aromatic N) is 2. The lowest BCUT2D eigenvalue weighted by Crippen LogP contribution is -2.41. The average molecular weight is 379 g/mol. The van der Waals surface area contributed by atoms with Crippen molar-refractivity contribution in [3.63, 3.8) is 0 Å². The van der Waals surface area contributed by atoms with Gasteiger partial charge in [0.2, 0.25) is 5.91 Å². The van der Waals surface area contributed by atoms with Crippen LogP contribution in [0.2, 0.25) is 0 Å². The third-order valence-corrected chi connectivity index (χ3v) is 5.34. The Morgan fingerprint density at radius 1 is 1.18 bits per heavy atom. The number of ether oxygens (including phenoxy) is 1. The topological polar surface area (TPSA) is 67.6 Å². The largest absolute Gasteiger partial charge is 0.423 e. The number of aromatic nitrogens is 1. The van der Waals surface area contributed by atoms with Gasteiger partial charge in [-0.3, -0.25) is 4.79 Å². The summed E-state index contributed by atoms with van der Waals surface area (Å²) in [6.07, 6.45) is 1.44. The maximum Gasteiger partial charge on any atom is 0.298 e. The lowest BCUT2D eigenvalue weighted by molar-refractivity contribution is -0.126. The number of hydrogen-bond donors (Lipinski definition) is 1. The summed E-state index contributed by atoms with van der Waals surface area (Å²) in [5, 5.41) is 3.06. The number of anilines is 1. The first-order valence-electron chi connectivity index (χ1n) is 9.70. The number of oxazole rings is 1. The molecule has 2 aromatic carbocycles. The van der Waals surface area contributed by atoms with Crippen LogP contribution in [0.4, 0.5) is 6.01 Å². The van der Waals surface area contributed by atoms with Gasteiger partial charge in [-0.1, -0.05) is 42.5 Å². The normalized spacial score (nSPS) is 16.2. The quantitative estimate of drug-likeness (QED) is 0.709. The fourth-order valence-corrected chi connectivity index (χ4v) is 3.67. The molecule has 2 heterocycles. The molecule has 4 rings (SSSR count). The number of amides is 1. The van der Waals surface area contributed by atoms with Crippen molar-refractivity contribution in [2.24, 2.45) is 5.92 Å². The second kappa shape index (κ2) is 8.44. The first-order valence-corrected chi connectivity index (χ1v) is 9.70. The van der Waals surface area contributed by atoms with Crippen LogP contribution in [0.25, 0.3) is 11.1 Å². The van der Waals surface area contributed by atoms with Crippen LogP contribution in [0.15, 0.2) is 59.0 Å². The molecular weight excluding hydrogens is 354 g/mol. The lowest BCUT2D eigenvalue weighted by atomic mass is 9.96. The van der Waals surface area contributed by atoms with E-state index in [1.807, 2.05) is 54.6 Å². The van der Waals surface area contributed by atoms with Crippen molar-refractivity contribution in [1.29, 1.82) is 0 Å². The summed E-state index contributed by atoms with van der Waals surface area (Å²) in [4.78, 5) is 19.3. The van der Waals surface area contributed by atoms with E-state index < -0.39 is 0 Å². The van der Waals surface area contributed by atoms with Gasteiger partial charge in [-0.25, -0.2) is 0 Å². The second-order valence-electron chi connectivity index (χ2n) is 7.11. The Hall–Kier alpha value is -2.86. The molecule has 1 unspecified atom stereocenters. The molecule has 1 aromatic heterocycles. The minimum absolute atomic E-state index is 0.00825. The molecule has 0 spiro atoms. The Morgan fingerprint density at radius 3 is 2.61 bits per heavy atom. The third-order valence-electron chi connectivity index (χ3n) is 5.34. The maximum atomic E-state index is 12.6. The van der Waals surface area contributed by atoms with Crippen molar-refractivity contribution < 1.29 is 13.9 Å². The minimum Gasteiger partial charge on any atom is -0.423 e. The predicted molar refractivity (Wildman–Crippen MR) is 108 cm³/mol. The molecule has 0 aliphatic carbocycles. The van der Waals surface area contributed by atoms with E-state index >= 15 is 0 Å². The summed E-state index contributed by atoms with van der Waals surface area (Å²) in [5.74, 6) is 0.101. The van der Waals surface area contributed by atoms with E-state index in [0.717, 1.165) is 42.6 Å². The number of methoxy groups -OCH3 is 1. The molecule has 1 saturated heterocycles. The average Bonchev–Trinajstić information content (AvgIpc) is 3.19. The first-order chi connectivity index (χ1) is 13.7. The number of carbonyl (C=O) groups excluding carboxylic acids is 1. The van der Waals surface area contributed by atoms with E-state index in [9.17, 15) is 4.79 Å². The van der Waals surface area contributed by atoms with E-state index in [1.54, 1.807) is 7.11 Å². The van der Waals surface area contributed by atoms with Gasteiger partial charge in [0.1, 0.15) is 5.52 Å². The molecule has 1 fully saturated rings. The molecule has 1 aliphatic rings. The molecule has 6 heteroatoms. The van der Waals surface area contributed by atoms with Gasteiger partial charge in [-0.15, -0.1) is 0 Å². The van der Waals surface area contributed by atoms with Gasteiger partial charge >= 0.3 is 0 Å². The number of carbonyl (C=O) groups is 1. The van der Waals surface area contributed by atoms with Crippen molar-refractivity contribution in [3.8, 4) is 0 Å². The van der Waals surface area contributed by atoms with Crippen molar-refractivity contribution in [3.05, 3.63) is 60.2 Å². The fourth-order valence-electron chi connectivity index (χ4n) is 3.67. The van der Waals surface area contributed by atoms with E-state index in [2.05, 4.69) is 15.2 Å². The Kier molecular flexibility index (Phi) is 5.58. The Labute approximate surface area is 164 Å². The summed E-state index contributed by atoms with van der Waals surface area (Å²) in [6, 6.07) is 18.4. The molecule has 1 aliphatic heterocycles. The van der Waals surface area contributed by atoms with E-state index in [4.69, 9.17) is 9.15 Å². The molecule has 1 amide bonds. The molecule has 0 saturated carbocycles. The Bertz CT molecular complexity index is 884. The van der Waals surface area contributed by atoms with Gasteiger partial charge in [-0.05, 0) is 30.5 Å². The maximum absolute atomic E-state index is 12.6. The predicted octanol–water partition coefficient (Wildman–Crippen LogP) is 3.55. The second-order valence-corrected chi connectivity index (χ2v) is 7.11. The summed E-state index contributed by atoms with van der Waals surface area (Å²) in [5.41, 5.74) is 2.73. The highest BCUT2D eigenvalue weighted by molar-refractivity contribution is 5.79. The van der Waals surface area contributed by atoms with E-state index in [1.165, 1.54) is 0 Å². The molecule has 3 aromatic rings. The van der Waals surface area contributed by atoms with Gasteiger partial charge in [0.15, 0.2) is 5.58 Å². The van der Waals surface area contributed by atoms with Crippen molar-refractivity contribution in [2.45, 2.75) is 18.9 Å². The number of rotatable bonds is 6. The molecule has 28 heavy (non-hydrogen) atoms. The molecule has 0 bridgehead atoms. The zero-order valence-electron chi connectivity index (χ0n) is 16.0. The number of para-hydroxylation sites is 2. The molecule has 1 N–H and O–H groups in total. The number of fused-ring (bicyclic) bond motifs is 1. The summed E-state index contributed by atoms with van der Waals surface area (Å²) in [6.45, 7) is 2.00. The third kappa shape index (κ3) is 4.02. The number of nitrogens with one attached hydrogen (secondary N) is 1. The molecule has 0 radical (unpaired) electrons. The van der Waals surface area contributed by atoms with Crippen molar-refractivity contribution >= 4 is 23.0 Å². The Balaban J connectivity index is 1.30. The van der Waals surface area contributed by atoms with Crippen LogP contribution < -0.4 is 10.2 Å². The molecular formula is C22H25N3O3. The van der Waals surface area contributed by atoms with Gasteiger partial charge < -0.3 is 19.4 Å². The summed E-state index contributed by atoms with van der Waals surface area (Å²) < 4.78 is 11.4. The van der Waals surface area contributed by atoms with E-state index in [0.29, 0.717) is 12.6 Å². The van der Waals surface area contributed by atoms with Crippen LogP contribution in [0, 0.1) is 5.92 Å². The summed E-state index contributed by atoms with van der Waals surface area (Å²) in [7, 11) is 1.67. The van der Waals surface area contributed by atoms with Gasteiger partial charge in [0.05, 0.1) is 6.10 Å². The number of benzene rings is 2. The van der Waals surface area contributed by atoms with Gasteiger partial charge in [-0.2, -0.15) is 4.98 Å². The SMILES string of the molecule is COC(CNC(=O)C1CCN(c2nc3ccccc3o2)CC1)c1ccccc1. The highest BCUT2D eigenvalue weighted by atomic mass is 16.5. The van der Waals surface area contributed by atoms with Crippen LogP contribution in [-0.2, 0) is 9.53 Å². The molecule has 1 atom stereocenters.